The second-order valence-corrected chi connectivity index (χ2v) is 5.79. The number of aliphatic hydroxyl groups excluding tert-OH is 1. The van der Waals surface area contributed by atoms with Crippen LogP contribution in [-0.2, 0) is 0 Å². The molecule has 0 spiro atoms. The molecule has 0 fully saturated rings. The van der Waals surface area contributed by atoms with Gasteiger partial charge in [-0.1, -0.05) is 18.2 Å². The molecule has 1 unspecified atom stereocenters. The zero-order valence-electron chi connectivity index (χ0n) is 12.8. The maximum Gasteiger partial charge on any atom is 0.253 e. The van der Waals surface area contributed by atoms with Crippen molar-refractivity contribution in [3.8, 4) is 11.1 Å². The molecule has 4 nitrogen and oxygen atoms in total. The summed E-state index contributed by atoms with van der Waals surface area (Å²) in [5, 5.41) is 12.4. The van der Waals surface area contributed by atoms with Gasteiger partial charge in [0.05, 0.1) is 17.2 Å². The van der Waals surface area contributed by atoms with E-state index in [1.165, 1.54) is 18.5 Å². The maximum absolute atomic E-state index is 13.8. The number of nitrogens with zero attached hydrogens (tertiary/aromatic N) is 1. The van der Waals surface area contributed by atoms with Crippen LogP contribution in [0.3, 0.4) is 0 Å². The molecule has 1 aromatic carbocycles. The molecule has 2 N–H and O–H groups in total. The quantitative estimate of drug-likeness (QED) is 0.913. The Balaban J connectivity index is 2.29. The van der Waals surface area contributed by atoms with Crippen LogP contribution in [0.25, 0.3) is 11.1 Å². The minimum Gasteiger partial charge on any atom is -0.391 e. The lowest BCUT2D eigenvalue weighted by Crippen LogP contribution is -2.51. The zero-order valence-corrected chi connectivity index (χ0v) is 12.8. The van der Waals surface area contributed by atoms with Gasteiger partial charge in [-0.3, -0.25) is 9.78 Å². The predicted molar refractivity (Wildman–Crippen MR) is 82.9 cm³/mol. The molecule has 0 radical (unpaired) electrons. The third kappa shape index (κ3) is 3.49. The summed E-state index contributed by atoms with van der Waals surface area (Å²) in [7, 11) is 0. The van der Waals surface area contributed by atoms with Gasteiger partial charge in [0.15, 0.2) is 0 Å². The number of hydrogen-bond acceptors (Lipinski definition) is 3. The van der Waals surface area contributed by atoms with Gasteiger partial charge in [-0.2, -0.15) is 0 Å². The molecule has 2 aromatic rings. The maximum atomic E-state index is 13.8. The van der Waals surface area contributed by atoms with Crippen molar-refractivity contribution in [3.05, 3.63) is 54.1 Å². The van der Waals surface area contributed by atoms with Gasteiger partial charge in [-0.05, 0) is 32.9 Å². The van der Waals surface area contributed by atoms with Crippen LogP contribution >= 0.6 is 0 Å². The largest absolute Gasteiger partial charge is 0.391 e. The molecular weight excluding hydrogens is 283 g/mol. The fraction of sp³-hybridized carbons (Fsp3) is 0.294. The molecule has 1 heterocycles. The van der Waals surface area contributed by atoms with Crippen molar-refractivity contribution in [2.24, 2.45) is 0 Å². The molecule has 2 rings (SSSR count). The van der Waals surface area contributed by atoms with Crippen LogP contribution in [-0.4, -0.2) is 27.6 Å². The SMILES string of the molecule is CC(O)C(C)(C)NC(=O)c1cncc(-c2ccccc2F)c1. The van der Waals surface area contributed by atoms with Crippen molar-refractivity contribution < 1.29 is 14.3 Å². The summed E-state index contributed by atoms with van der Waals surface area (Å²) < 4.78 is 13.8. The number of aromatic nitrogens is 1. The average molecular weight is 302 g/mol. The molecule has 5 heteroatoms. The van der Waals surface area contributed by atoms with E-state index in [2.05, 4.69) is 10.3 Å². The first-order valence-corrected chi connectivity index (χ1v) is 7.02. The van der Waals surface area contributed by atoms with Gasteiger partial charge < -0.3 is 10.4 Å². The number of hydrogen-bond donors (Lipinski definition) is 2. The number of amides is 1. The van der Waals surface area contributed by atoms with Gasteiger partial charge in [0.2, 0.25) is 0 Å². The van der Waals surface area contributed by atoms with E-state index in [1.54, 1.807) is 45.0 Å². The third-order valence-electron chi connectivity index (χ3n) is 3.67. The molecule has 1 aromatic heterocycles. The third-order valence-corrected chi connectivity index (χ3v) is 3.67. The second kappa shape index (κ2) is 6.23. The fourth-order valence-corrected chi connectivity index (χ4v) is 1.88. The number of carbonyl (C=O) groups excluding carboxylic acids is 1. The monoisotopic (exact) mass is 302 g/mol. The van der Waals surface area contributed by atoms with Gasteiger partial charge >= 0.3 is 0 Å². The Morgan fingerprint density at radius 3 is 2.64 bits per heavy atom. The Hall–Kier alpha value is -2.27. The Labute approximate surface area is 129 Å². The Morgan fingerprint density at radius 2 is 2.00 bits per heavy atom. The molecule has 116 valence electrons. The summed E-state index contributed by atoms with van der Waals surface area (Å²) in [6, 6.07) is 7.90. The van der Waals surface area contributed by atoms with E-state index >= 15 is 0 Å². The van der Waals surface area contributed by atoms with Gasteiger partial charge in [-0.15, -0.1) is 0 Å². The summed E-state index contributed by atoms with van der Waals surface area (Å²) in [5.74, 6) is -0.734. The van der Waals surface area contributed by atoms with E-state index in [4.69, 9.17) is 0 Å². The van der Waals surface area contributed by atoms with Crippen molar-refractivity contribution in [1.82, 2.24) is 10.3 Å². The van der Waals surface area contributed by atoms with Crippen LogP contribution < -0.4 is 5.32 Å². The van der Waals surface area contributed by atoms with Crippen LogP contribution in [0.2, 0.25) is 0 Å². The Kier molecular flexibility index (Phi) is 4.56. The Bertz CT molecular complexity index is 684. The second-order valence-electron chi connectivity index (χ2n) is 5.79. The highest BCUT2D eigenvalue weighted by Crippen LogP contribution is 2.22. The van der Waals surface area contributed by atoms with E-state index in [9.17, 15) is 14.3 Å². The minimum atomic E-state index is -0.773. The van der Waals surface area contributed by atoms with Crippen LogP contribution in [0.15, 0.2) is 42.7 Å². The van der Waals surface area contributed by atoms with E-state index in [0.29, 0.717) is 16.7 Å². The van der Waals surface area contributed by atoms with Crippen LogP contribution in [0.4, 0.5) is 4.39 Å². The van der Waals surface area contributed by atoms with Crippen LogP contribution in [0.1, 0.15) is 31.1 Å². The van der Waals surface area contributed by atoms with Crippen molar-refractivity contribution in [3.63, 3.8) is 0 Å². The summed E-state index contributed by atoms with van der Waals surface area (Å²) in [6.45, 7) is 5.06. The highest BCUT2D eigenvalue weighted by Gasteiger charge is 2.26. The smallest absolute Gasteiger partial charge is 0.253 e. The lowest BCUT2D eigenvalue weighted by atomic mass is 9.98. The molecule has 0 saturated heterocycles. The number of halogens is 1. The highest BCUT2D eigenvalue weighted by molar-refractivity contribution is 5.95. The number of carbonyl (C=O) groups is 1. The standard InChI is InChI=1S/C17H19FN2O2/c1-11(21)17(2,3)20-16(22)13-8-12(9-19-10-13)14-6-4-5-7-15(14)18/h4-11,21H,1-3H3,(H,20,22). The number of rotatable bonds is 4. The van der Waals surface area contributed by atoms with Gasteiger partial charge in [-0.25, -0.2) is 4.39 Å². The minimum absolute atomic E-state index is 0.314. The van der Waals surface area contributed by atoms with Crippen LogP contribution in [0.5, 0.6) is 0 Å². The van der Waals surface area contributed by atoms with Crippen molar-refractivity contribution in [2.45, 2.75) is 32.4 Å². The molecule has 0 bridgehead atoms. The summed E-state index contributed by atoms with van der Waals surface area (Å²) in [5.41, 5.74) is 0.458. The van der Waals surface area contributed by atoms with Crippen molar-refractivity contribution >= 4 is 5.91 Å². The first-order valence-electron chi connectivity index (χ1n) is 7.02. The Morgan fingerprint density at radius 1 is 1.32 bits per heavy atom. The highest BCUT2D eigenvalue weighted by atomic mass is 19.1. The normalized spacial score (nSPS) is 12.8. The summed E-state index contributed by atoms with van der Waals surface area (Å²) >= 11 is 0. The van der Waals surface area contributed by atoms with E-state index in [1.807, 2.05) is 0 Å². The zero-order chi connectivity index (χ0) is 16.3. The molecule has 1 atom stereocenters. The topological polar surface area (TPSA) is 62.2 Å². The summed E-state index contributed by atoms with van der Waals surface area (Å²) in [4.78, 5) is 16.3. The van der Waals surface area contributed by atoms with E-state index in [-0.39, 0.29) is 11.7 Å². The first kappa shape index (κ1) is 16.1. The average Bonchev–Trinajstić information content (AvgIpc) is 2.47. The molecule has 0 aliphatic rings. The first-order chi connectivity index (χ1) is 10.3. The molecule has 1 amide bonds. The molecule has 0 aliphatic carbocycles. The molecular formula is C17H19FN2O2. The van der Waals surface area contributed by atoms with E-state index < -0.39 is 11.6 Å². The van der Waals surface area contributed by atoms with Gasteiger partial charge in [0, 0.05) is 23.5 Å². The van der Waals surface area contributed by atoms with Crippen LogP contribution in [0, 0.1) is 5.82 Å². The fourth-order valence-electron chi connectivity index (χ4n) is 1.88. The summed E-state index contributed by atoms with van der Waals surface area (Å²) in [6.07, 6.45) is 2.21. The molecule has 0 aliphatic heterocycles. The number of benzene rings is 1. The molecule has 0 saturated carbocycles. The van der Waals surface area contributed by atoms with Gasteiger partial charge in [0.1, 0.15) is 5.82 Å². The predicted octanol–water partition coefficient (Wildman–Crippen LogP) is 2.78. The van der Waals surface area contributed by atoms with Gasteiger partial charge in [0.25, 0.3) is 5.91 Å². The number of pyridine rings is 1. The number of nitrogens with one attached hydrogen (secondary N) is 1. The van der Waals surface area contributed by atoms with E-state index in [0.717, 1.165) is 0 Å². The van der Waals surface area contributed by atoms with Crippen molar-refractivity contribution in [2.75, 3.05) is 0 Å². The lowest BCUT2D eigenvalue weighted by molar-refractivity contribution is 0.0709. The lowest BCUT2D eigenvalue weighted by Gasteiger charge is -2.29. The molecule has 22 heavy (non-hydrogen) atoms. The van der Waals surface area contributed by atoms with Crippen molar-refractivity contribution in [1.29, 1.82) is 0 Å². The number of aliphatic hydroxyl groups is 1.